The minimum Gasteiger partial charge on any atom is -0.393 e. The van der Waals surface area contributed by atoms with Crippen LogP contribution < -0.4 is 5.32 Å². The van der Waals surface area contributed by atoms with E-state index in [0.29, 0.717) is 0 Å². The Morgan fingerprint density at radius 3 is 2.72 bits per heavy atom. The summed E-state index contributed by atoms with van der Waals surface area (Å²) in [6.07, 6.45) is 0.581. The Kier molecular flexibility index (Phi) is 4.93. The van der Waals surface area contributed by atoms with Gasteiger partial charge in [0.2, 0.25) is 0 Å². The molecule has 0 bridgehead atoms. The number of benzene rings is 1. The van der Waals surface area contributed by atoms with Crippen molar-refractivity contribution in [2.24, 2.45) is 0 Å². The van der Waals surface area contributed by atoms with E-state index < -0.39 is 0 Å². The molecule has 1 unspecified atom stereocenters. The molecule has 18 heavy (non-hydrogen) atoms. The fraction of sp³-hybridized carbons (Fsp3) is 0.333. The number of thiophene rings is 1. The Balaban J connectivity index is 1.87. The summed E-state index contributed by atoms with van der Waals surface area (Å²) in [5.74, 6) is 0. The van der Waals surface area contributed by atoms with Crippen molar-refractivity contribution < 1.29 is 5.11 Å². The zero-order chi connectivity index (χ0) is 12.8. The molecule has 2 nitrogen and oxygen atoms in total. The highest BCUT2D eigenvalue weighted by Gasteiger charge is 2.02. The van der Waals surface area contributed by atoms with Crippen LogP contribution in [0.3, 0.4) is 0 Å². The van der Waals surface area contributed by atoms with Crippen molar-refractivity contribution in [2.75, 3.05) is 6.54 Å². The van der Waals surface area contributed by atoms with E-state index in [1.54, 1.807) is 11.3 Å². The lowest BCUT2D eigenvalue weighted by Crippen LogP contribution is -2.17. The number of hydrogen-bond donors (Lipinski definition) is 2. The van der Waals surface area contributed by atoms with Crippen molar-refractivity contribution in [3.05, 3.63) is 46.7 Å². The van der Waals surface area contributed by atoms with Crippen molar-refractivity contribution in [3.63, 3.8) is 0 Å². The molecule has 1 heterocycles. The first kappa shape index (κ1) is 13.3. The number of aliphatic hydroxyl groups is 1. The minimum absolute atomic E-state index is 0.222. The van der Waals surface area contributed by atoms with Gasteiger partial charge in [-0.05, 0) is 42.5 Å². The van der Waals surface area contributed by atoms with Gasteiger partial charge in [0.15, 0.2) is 0 Å². The Bertz CT molecular complexity index is 464. The van der Waals surface area contributed by atoms with Crippen LogP contribution in [0.4, 0.5) is 0 Å². The number of hydrogen-bond acceptors (Lipinski definition) is 3. The van der Waals surface area contributed by atoms with Crippen LogP contribution in [0.5, 0.6) is 0 Å². The van der Waals surface area contributed by atoms with Crippen LogP contribution in [0.1, 0.15) is 18.2 Å². The standard InChI is InChI=1S/C15H19NOS/c1-12(17)7-8-16-10-15-9-14(11-18-15)13-5-3-2-4-6-13/h2-6,9,11-12,16-17H,7-8,10H2,1H3. The molecule has 96 valence electrons. The molecule has 0 amide bonds. The van der Waals surface area contributed by atoms with E-state index in [0.717, 1.165) is 19.5 Å². The van der Waals surface area contributed by atoms with Crippen LogP contribution in [-0.2, 0) is 6.54 Å². The van der Waals surface area contributed by atoms with Crippen LogP contribution in [0, 0.1) is 0 Å². The maximum Gasteiger partial charge on any atom is 0.0524 e. The smallest absolute Gasteiger partial charge is 0.0524 e. The lowest BCUT2D eigenvalue weighted by molar-refractivity contribution is 0.183. The zero-order valence-electron chi connectivity index (χ0n) is 10.6. The summed E-state index contributed by atoms with van der Waals surface area (Å²) in [4.78, 5) is 1.33. The lowest BCUT2D eigenvalue weighted by Gasteiger charge is -2.04. The van der Waals surface area contributed by atoms with Gasteiger partial charge in [0.05, 0.1) is 6.10 Å². The maximum atomic E-state index is 9.16. The molecule has 0 aliphatic rings. The Hall–Kier alpha value is -1.16. The van der Waals surface area contributed by atoms with E-state index in [1.165, 1.54) is 16.0 Å². The SMILES string of the molecule is CC(O)CCNCc1cc(-c2ccccc2)cs1. The summed E-state index contributed by atoms with van der Waals surface area (Å²) in [6.45, 7) is 3.56. The molecule has 0 radical (unpaired) electrons. The van der Waals surface area contributed by atoms with Gasteiger partial charge in [-0.25, -0.2) is 0 Å². The molecule has 0 saturated carbocycles. The van der Waals surface area contributed by atoms with Gasteiger partial charge in [-0.15, -0.1) is 11.3 Å². The van der Waals surface area contributed by atoms with E-state index in [-0.39, 0.29) is 6.10 Å². The van der Waals surface area contributed by atoms with Gasteiger partial charge in [-0.1, -0.05) is 30.3 Å². The third-order valence-corrected chi connectivity index (χ3v) is 3.74. The van der Waals surface area contributed by atoms with E-state index in [9.17, 15) is 0 Å². The Morgan fingerprint density at radius 1 is 1.22 bits per heavy atom. The van der Waals surface area contributed by atoms with Gasteiger partial charge in [-0.2, -0.15) is 0 Å². The molecule has 2 aromatic rings. The number of rotatable bonds is 6. The van der Waals surface area contributed by atoms with E-state index in [4.69, 9.17) is 5.11 Å². The second-order valence-electron chi connectivity index (χ2n) is 4.48. The summed E-state index contributed by atoms with van der Waals surface area (Å²) in [5, 5.41) is 14.7. The van der Waals surface area contributed by atoms with Gasteiger partial charge in [0, 0.05) is 11.4 Å². The molecular formula is C15H19NOS. The molecule has 0 fully saturated rings. The molecule has 0 aliphatic carbocycles. The quantitative estimate of drug-likeness (QED) is 0.782. The van der Waals surface area contributed by atoms with E-state index in [1.807, 2.05) is 13.0 Å². The molecule has 3 heteroatoms. The molecule has 1 aromatic heterocycles. The predicted molar refractivity (Wildman–Crippen MR) is 77.8 cm³/mol. The minimum atomic E-state index is -0.222. The zero-order valence-corrected chi connectivity index (χ0v) is 11.4. The van der Waals surface area contributed by atoms with Crippen LogP contribution >= 0.6 is 11.3 Å². The van der Waals surface area contributed by atoms with Crippen LogP contribution in [-0.4, -0.2) is 17.8 Å². The first-order chi connectivity index (χ1) is 8.75. The van der Waals surface area contributed by atoms with Crippen molar-refractivity contribution >= 4 is 11.3 Å². The fourth-order valence-corrected chi connectivity index (χ4v) is 2.64. The maximum absolute atomic E-state index is 9.16. The second kappa shape index (κ2) is 6.69. The van der Waals surface area contributed by atoms with Gasteiger partial charge in [0.25, 0.3) is 0 Å². The highest BCUT2D eigenvalue weighted by atomic mass is 32.1. The van der Waals surface area contributed by atoms with Gasteiger partial charge < -0.3 is 10.4 Å². The topological polar surface area (TPSA) is 32.3 Å². The highest BCUT2D eigenvalue weighted by molar-refractivity contribution is 7.10. The van der Waals surface area contributed by atoms with Crippen molar-refractivity contribution in [2.45, 2.75) is 26.0 Å². The first-order valence-corrected chi connectivity index (χ1v) is 7.15. The highest BCUT2D eigenvalue weighted by Crippen LogP contribution is 2.25. The first-order valence-electron chi connectivity index (χ1n) is 6.27. The number of nitrogens with one attached hydrogen (secondary N) is 1. The molecule has 1 aromatic carbocycles. The van der Waals surface area contributed by atoms with Crippen molar-refractivity contribution in [1.29, 1.82) is 0 Å². The van der Waals surface area contributed by atoms with Crippen LogP contribution in [0.25, 0.3) is 11.1 Å². The average molecular weight is 261 g/mol. The van der Waals surface area contributed by atoms with Crippen LogP contribution in [0.2, 0.25) is 0 Å². The van der Waals surface area contributed by atoms with E-state index >= 15 is 0 Å². The molecule has 0 saturated heterocycles. The third-order valence-electron chi connectivity index (χ3n) is 2.80. The van der Waals surface area contributed by atoms with Gasteiger partial charge >= 0.3 is 0 Å². The van der Waals surface area contributed by atoms with E-state index in [2.05, 4.69) is 41.0 Å². The van der Waals surface area contributed by atoms with Crippen LogP contribution in [0.15, 0.2) is 41.8 Å². The molecule has 0 aliphatic heterocycles. The summed E-state index contributed by atoms with van der Waals surface area (Å²) in [7, 11) is 0. The molecule has 1 atom stereocenters. The summed E-state index contributed by atoms with van der Waals surface area (Å²) in [5.41, 5.74) is 2.55. The average Bonchev–Trinajstić information content (AvgIpc) is 2.84. The predicted octanol–water partition coefficient (Wildman–Crippen LogP) is 3.28. The second-order valence-corrected chi connectivity index (χ2v) is 5.48. The van der Waals surface area contributed by atoms with Gasteiger partial charge in [-0.3, -0.25) is 0 Å². The molecular weight excluding hydrogens is 242 g/mol. The summed E-state index contributed by atoms with van der Waals surface area (Å²) >= 11 is 1.78. The summed E-state index contributed by atoms with van der Waals surface area (Å²) < 4.78 is 0. The third kappa shape index (κ3) is 3.95. The number of aliphatic hydroxyl groups excluding tert-OH is 1. The monoisotopic (exact) mass is 261 g/mol. The molecule has 2 N–H and O–H groups in total. The lowest BCUT2D eigenvalue weighted by atomic mass is 10.1. The fourth-order valence-electron chi connectivity index (χ4n) is 1.78. The Labute approximate surface area is 112 Å². The summed E-state index contributed by atoms with van der Waals surface area (Å²) in [6, 6.07) is 12.7. The van der Waals surface area contributed by atoms with Gasteiger partial charge in [0.1, 0.15) is 0 Å². The molecule has 2 rings (SSSR count). The normalized spacial score (nSPS) is 12.6. The Morgan fingerprint density at radius 2 is 2.00 bits per heavy atom. The largest absolute Gasteiger partial charge is 0.393 e. The molecule has 0 spiro atoms. The van der Waals surface area contributed by atoms with Crippen molar-refractivity contribution in [1.82, 2.24) is 5.32 Å². The van der Waals surface area contributed by atoms with Crippen molar-refractivity contribution in [3.8, 4) is 11.1 Å².